The third kappa shape index (κ3) is 3.28. The molecule has 0 atom stereocenters. The second-order valence-electron chi connectivity index (χ2n) is 5.25. The number of benzene rings is 1. The van der Waals surface area contributed by atoms with Crippen molar-refractivity contribution in [1.82, 2.24) is 9.78 Å². The van der Waals surface area contributed by atoms with Crippen LogP contribution in [0.5, 0.6) is 0 Å². The number of primary amides is 1. The van der Waals surface area contributed by atoms with Crippen molar-refractivity contribution in [3.8, 4) is 5.69 Å². The standard InChI is InChI=1S/C15H17N3O3/c1-9(2)7-12-8-13(15(20)21)17-18(12)11-5-3-10(4-6-11)14(16)19/h3-6,8-9H,7H2,1-2H3,(H2,16,19)(H,20,21). The van der Waals surface area contributed by atoms with E-state index in [-0.39, 0.29) is 5.69 Å². The summed E-state index contributed by atoms with van der Waals surface area (Å²) in [6.07, 6.45) is 0.706. The van der Waals surface area contributed by atoms with Gasteiger partial charge < -0.3 is 10.8 Å². The molecule has 21 heavy (non-hydrogen) atoms. The maximum absolute atomic E-state index is 11.1. The molecule has 0 aliphatic carbocycles. The number of hydrogen-bond donors (Lipinski definition) is 2. The van der Waals surface area contributed by atoms with E-state index in [1.165, 1.54) is 0 Å². The van der Waals surface area contributed by atoms with Gasteiger partial charge in [0, 0.05) is 11.3 Å². The average molecular weight is 287 g/mol. The van der Waals surface area contributed by atoms with Crippen LogP contribution in [0.2, 0.25) is 0 Å². The van der Waals surface area contributed by atoms with Crippen molar-refractivity contribution in [3.05, 3.63) is 47.3 Å². The van der Waals surface area contributed by atoms with E-state index in [2.05, 4.69) is 5.10 Å². The molecule has 2 aromatic rings. The zero-order chi connectivity index (χ0) is 15.6. The van der Waals surface area contributed by atoms with E-state index < -0.39 is 11.9 Å². The van der Waals surface area contributed by atoms with Gasteiger partial charge in [0.25, 0.3) is 0 Å². The Morgan fingerprint density at radius 1 is 1.29 bits per heavy atom. The number of amides is 1. The first-order valence-corrected chi connectivity index (χ1v) is 6.61. The van der Waals surface area contributed by atoms with Crippen molar-refractivity contribution in [2.24, 2.45) is 11.7 Å². The fraction of sp³-hybridized carbons (Fsp3) is 0.267. The molecule has 1 aromatic carbocycles. The van der Waals surface area contributed by atoms with Crippen LogP contribution in [0.15, 0.2) is 30.3 Å². The van der Waals surface area contributed by atoms with Crippen LogP contribution >= 0.6 is 0 Å². The highest BCUT2D eigenvalue weighted by molar-refractivity contribution is 5.92. The molecule has 0 spiro atoms. The van der Waals surface area contributed by atoms with E-state index >= 15 is 0 Å². The molecule has 2 rings (SSSR count). The van der Waals surface area contributed by atoms with Gasteiger partial charge in [-0.1, -0.05) is 13.8 Å². The van der Waals surface area contributed by atoms with Crippen molar-refractivity contribution >= 4 is 11.9 Å². The molecule has 0 bridgehead atoms. The number of hydrogen-bond acceptors (Lipinski definition) is 3. The molecule has 0 unspecified atom stereocenters. The van der Waals surface area contributed by atoms with Gasteiger partial charge in [0.1, 0.15) is 0 Å². The zero-order valence-corrected chi connectivity index (χ0v) is 11.9. The van der Waals surface area contributed by atoms with Crippen LogP contribution in [0.1, 0.15) is 40.4 Å². The molecule has 110 valence electrons. The van der Waals surface area contributed by atoms with Crippen molar-refractivity contribution in [1.29, 1.82) is 0 Å². The zero-order valence-electron chi connectivity index (χ0n) is 11.9. The smallest absolute Gasteiger partial charge is 0.356 e. The molecule has 1 amide bonds. The lowest BCUT2D eigenvalue weighted by Crippen LogP contribution is -2.11. The van der Waals surface area contributed by atoms with Crippen molar-refractivity contribution in [3.63, 3.8) is 0 Å². The van der Waals surface area contributed by atoms with Crippen LogP contribution in [0.4, 0.5) is 0 Å². The van der Waals surface area contributed by atoms with Gasteiger partial charge in [-0.05, 0) is 42.7 Å². The maximum Gasteiger partial charge on any atom is 0.356 e. The molecule has 1 aromatic heterocycles. The molecule has 0 radical (unpaired) electrons. The molecule has 0 aliphatic rings. The van der Waals surface area contributed by atoms with Gasteiger partial charge in [0.15, 0.2) is 5.69 Å². The highest BCUT2D eigenvalue weighted by Crippen LogP contribution is 2.17. The number of carboxylic acid groups (broad SMARTS) is 1. The molecule has 3 N–H and O–H groups in total. The Balaban J connectivity index is 2.45. The SMILES string of the molecule is CC(C)Cc1cc(C(=O)O)nn1-c1ccc(C(N)=O)cc1. The van der Waals surface area contributed by atoms with Gasteiger partial charge in [-0.2, -0.15) is 5.10 Å². The summed E-state index contributed by atoms with van der Waals surface area (Å²) < 4.78 is 1.59. The fourth-order valence-electron chi connectivity index (χ4n) is 2.08. The Labute approximate surface area is 122 Å². The summed E-state index contributed by atoms with van der Waals surface area (Å²) in [7, 11) is 0. The molecule has 6 nitrogen and oxygen atoms in total. The van der Waals surface area contributed by atoms with Crippen LogP contribution in [-0.4, -0.2) is 26.8 Å². The lowest BCUT2D eigenvalue weighted by atomic mass is 10.1. The summed E-state index contributed by atoms with van der Waals surface area (Å²) in [6.45, 7) is 4.10. The summed E-state index contributed by atoms with van der Waals surface area (Å²) in [6, 6.07) is 8.16. The van der Waals surface area contributed by atoms with Crippen LogP contribution in [0, 0.1) is 5.92 Å². The molecule has 0 aliphatic heterocycles. The van der Waals surface area contributed by atoms with E-state index in [0.29, 0.717) is 23.6 Å². The topological polar surface area (TPSA) is 98.2 Å². The van der Waals surface area contributed by atoms with Gasteiger partial charge >= 0.3 is 5.97 Å². The van der Waals surface area contributed by atoms with Crippen molar-refractivity contribution in [2.75, 3.05) is 0 Å². The van der Waals surface area contributed by atoms with E-state index in [1.807, 2.05) is 13.8 Å². The second-order valence-corrected chi connectivity index (χ2v) is 5.25. The third-order valence-corrected chi connectivity index (χ3v) is 3.02. The minimum Gasteiger partial charge on any atom is -0.476 e. The molecule has 0 saturated carbocycles. The van der Waals surface area contributed by atoms with E-state index in [1.54, 1.807) is 35.0 Å². The monoisotopic (exact) mass is 287 g/mol. The Bertz CT molecular complexity index is 672. The van der Waals surface area contributed by atoms with E-state index in [0.717, 1.165) is 5.69 Å². The van der Waals surface area contributed by atoms with Crippen LogP contribution in [0.3, 0.4) is 0 Å². The summed E-state index contributed by atoms with van der Waals surface area (Å²) in [5.41, 5.74) is 7.12. The lowest BCUT2D eigenvalue weighted by Gasteiger charge is -2.09. The number of carboxylic acids is 1. The highest BCUT2D eigenvalue weighted by Gasteiger charge is 2.15. The van der Waals surface area contributed by atoms with Gasteiger partial charge in [-0.15, -0.1) is 0 Å². The van der Waals surface area contributed by atoms with Crippen molar-refractivity contribution < 1.29 is 14.7 Å². The van der Waals surface area contributed by atoms with Crippen LogP contribution in [0.25, 0.3) is 5.69 Å². The molecular weight excluding hydrogens is 270 g/mol. The first kappa shape index (κ1) is 14.8. The predicted octanol–water partition coefficient (Wildman–Crippen LogP) is 1.87. The van der Waals surface area contributed by atoms with Gasteiger partial charge in [0.05, 0.1) is 5.69 Å². The van der Waals surface area contributed by atoms with Crippen LogP contribution < -0.4 is 5.73 Å². The summed E-state index contributed by atoms with van der Waals surface area (Å²) in [5.74, 6) is -1.20. The molecular formula is C15H17N3O3. The number of aromatic nitrogens is 2. The first-order valence-electron chi connectivity index (χ1n) is 6.61. The number of carbonyl (C=O) groups excluding carboxylic acids is 1. The van der Waals surface area contributed by atoms with Gasteiger partial charge in [0.2, 0.25) is 5.91 Å². The number of rotatable bonds is 5. The molecule has 1 heterocycles. The Hall–Kier alpha value is -2.63. The molecule has 0 fully saturated rings. The normalized spacial score (nSPS) is 10.8. The third-order valence-electron chi connectivity index (χ3n) is 3.02. The minimum atomic E-state index is -1.06. The number of carbonyl (C=O) groups is 2. The van der Waals surface area contributed by atoms with E-state index in [9.17, 15) is 9.59 Å². The minimum absolute atomic E-state index is 0.00428. The number of aromatic carboxylic acids is 1. The number of nitrogens with two attached hydrogens (primary N) is 1. The summed E-state index contributed by atoms with van der Waals surface area (Å²) in [4.78, 5) is 22.2. The Morgan fingerprint density at radius 3 is 2.38 bits per heavy atom. The van der Waals surface area contributed by atoms with Gasteiger partial charge in [-0.25, -0.2) is 9.48 Å². The first-order chi connectivity index (χ1) is 9.88. The highest BCUT2D eigenvalue weighted by atomic mass is 16.4. The number of nitrogens with zero attached hydrogens (tertiary/aromatic N) is 2. The largest absolute Gasteiger partial charge is 0.476 e. The quantitative estimate of drug-likeness (QED) is 0.877. The van der Waals surface area contributed by atoms with Crippen LogP contribution in [-0.2, 0) is 6.42 Å². The fourth-order valence-corrected chi connectivity index (χ4v) is 2.08. The molecule has 0 saturated heterocycles. The Kier molecular flexibility index (Phi) is 4.07. The lowest BCUT2D eigenvalue weighted by molar-refractivity contribution is 0.0689. The second kappa shape index (κ2) is 5.78. The summed E-state index contributed by atoms with van der Waals surface area (Å²) >= 11 is 0. The van der Waals surface area contributed by atoms with Crippen molar-refractivity contribution in [2.45, 2.75) is 20.3 Å². The maximum atomic E-state index is 11.1. The summed E-state index contributed by atoms with van der Waals surface area (Å²) in [5, 5.41) is 13.2. The average Bonchev–Trinajstić information content (AvgIpc) is 2.82. The molecule has 6 heteroatoms. The Morgan fingerprint density at radius 2 is 1.90 bits per heavy atom. The van der Waals surface area contributed by atoms with Gasteiger partial charge in [-0.3, -0.25) is 4.79 Å². The van der Waals surface area contributed by atoms with E-state index in [4.69, 9.17) is 10.8 Å². The predicted molar refractivity (Wildman–Crippen MR) is 77.6 cm³/mol.